The Hall–Kier alpha value is -1.94. The first-order valence-corrected chi connectivity index (χ1v) is 43.3. The fourth-order valence-electron chi connectivity index (χ4n) is 11.8. The molecule has 0 aromatic heterocycles. The van der Waals surface area contributed by atoms with Gasteiger partial charge >= 0.3 is 39.5 Å². The van der Waals surface area contributed by atoms with Crippen LogP contribution in [0, 0.1) is 23.7 Å². The van der Waals surface area contributed by atoms with Crippen molar-refractivity contribution in [3.8, 4) is 0 Å². The third-order valence-electron chi connectivity index (χ3n) is 18.8. The summed E-state index contributed by atoms with van der Waals surface area (Å²) in [5, 5.41) is 10.6. The average molecular weight is 1420 g/mol. The van der Waals surface area contributed by atoms with Crippen molar-refractivity contribution in [1.29, 1.82) is 0 Å². The van der Waals surface area contributed by atoms with Crippen LogP contribution in [-0.4, -0.2) is 96.7 Å². The van der Waals surface area contributed by atoms with Crippen molar-refractivity contribution >= 4 is 39.5 Å². The second kappa shape index (κ2) is 67.2. The molecule has 0 rings (SSSR count). The first-order chi connectivity index (χ1) is 46.7. The van der Waals surface area contributed by atoms with Gasteiger partial charge in [0.15, 0.2) is 12.2 Å². The number of rotatable bonds is 75. The van der Waals surface area contributed by atoms with E-state index in [2.05, 4.69) is 55.4 Å². The highest BCUT2D eigenvalue weighted by molar-refractivity contribution is 7.47. The lowest BCUT2D eigenvalue weighted by atomic mass is 9.99. The number of phosphoric acid groups is 2. The van der Waals surface area contributed by atoms with Crippen LogP contribution in [0.1, 0.15) is 396 Å². The Labute approximate surface area is 594 Å². The third-order valence-corrected chi connectivity index (χ3v) is 20.7. The molecular weight excluding hydrogens is 1270 g/mol. The van der Waals surface area contributed by atoms with Crippen LogP contribution >= 0.6 is 15.6 Å². The number of carbonyl (C=O) groups excluding carboxylic acids is 4. The minimum atomic E-state index is -4.96. The maximum absolute atomic E-state index is 13.1. The lowest BCUT2D eigenvalue weighted by Gasteiger charge is -2.21. The maximum atomic E-state index is 13.1. The number of aliphatic hydroxyl groups is 1. The molecule has 0 aromatic rings. The molecule has 0 saturated heterocycles. The third kappa shape index (κ3) is 69.5. The zero-order valence-corrected chi connectivity index (χ0v) is 65.5. The Morgan fingerprint density at radius 1 is 0.289 bits per heavy atom. The summed E-state index contributed by atoms with van der Waals surface area (Å²) < 4.78 is 68.6. The topological polar surface area (TPSA) is 237 Å². The number of esters is 4. The molecule has 0 heterocycles. The van der Waals surface area contributed by atoms with Gasteiger partial charge in [0.2, 0.25) is 0 Å². The van der Waals surface area contributed by atoms with Crippen molar-refractivity contribution < 1.29 is 80.2 Å². The van der Waals surface area contributed by atoms with Crippen LogP contribution in [0.15, 0.2) is 0 Å². The van der Waals surface area contributed by atoms with Gasteiger partial charge in [0.1, 0.15) is 19.3 Å². The number of hydrogen-bond donors (Lipinski definition) is 3. The van der Waals surface area contributed by atoms with Crippen molar-refractivity contribution in [2.75, 3.05) is 39.6 Å². The van der Waals surface area contributed by atoms with Gasteiger partial charge in [0.25, 0.3) is 0 Å². The van der Waals surface area contributed by atoms with Crippen LogP contribution in [0.25, 0.3) is 0 Å². The number of aliphatic hydroxyl groups excluding tert-OH is 1. The molecule has 576 valence electrons. The van der Waals surface area contributed by atoms with Gasteiger partial charge in [0, 0.05) is 25.7 Å². The molecule has 0 amide bonds. The van der Waals surface area contributed by atoms with Gasteiger partial charge in [-0.25, -0.2) is 9.13 Å². The first-order valence-electron chi connectivity index (χ1n) is 40.3. The normalized spacial score (nSPS) is 14.6. The second-order valence-corrected chi connectivity index (χ2v) is 32.4. The summed E-state index contributed by atoms with van der Waals surface area (Å²) in [7, 11) is -9.92. The van der Waals surface area contributed by atoms with Gasteiger partial charge in [-0.15, -0.1) is 0 Å². The van der Waals surface area contributed by atoms with E-state index in [1.54, 1.807) is 0 Å². The molecule has 97 heavy (non-hydrogen) atoms. The predicted molar refractivity (Wildman–Crippen MR) is 395 cm³/mol. The molecule has 4 unspecified atom stereocenters. The molecule has 0 spiro atoms. The Morgan fingerprint density at radius 3 is 0.732 bits per heavy atom. The lowest BCUT2D eigenvalue weighted by molar-refractivity contribution is -0.161. The summed E-state index contributed by atoms with van der Waals surface area (Å²) in [4.78, 5) is 72.9. The van der Waals surface area contributed by atoms with Crippen molar-refractivity contribution in [3.63, 3.8) is 0 Å². The summed E-state index contributed by atoms with van der Waals surface area (Å²) >= 11 is 0. The molecule has 0 radical (unpaired) electrons. The van der Waals surface area contributed by atoms with E-state index in [0.29, 0.717) is 25.7 Å². The molecule has 7 atom stereocenters. The van der Waals surface area contributed by atoms with Gasteiger partial charge in [-0.3, -0.25) is 37.3 Å². The molecular formula is C78H152O17P2. The van der Waals surface area contributed by atoms with Crippen molar-refractivity contribution in [2.45, 2.75) is 414 Å². The highest BCUT2D eigenvalue weighted by Crippen LogP contribution is 2.45. The summed E-state index contributed by atoms with van der Waals surface area (Å²) in [5.74, 6) is 0.974. The van der Waals surface area contributed by atoms with E-state index in [9.17, 15) is 43.2 Å². The van der Waals surface area contributed by atoms with E-state index >= 15 is 0 Å². The molecule has 19 heteroatoms. The number of ether oxygens (including phenoxy) is 4. The SMILES string of the molecule is CCC(C)CCCCCCCCCCC(=O)OC[C@H](COP(=O)(O)OC[C@@H](O)COP(=O)(O)OC[C@@H](COC(=O)CCCCCCCCC(C)CC)OC(=O)CCCCCCCCCCCCCC(C)C)OC(=O)CCCCCCCCCCCCCCCCCCCCC(C)C. The smallest absolute Gasteiger partial charge is 0.462 e. The monoisotopic (exact) mass is 1420 g/mol. The molecule has 0 fully saturated rings. The summed E-state index contributed by atoms with van der Waals surface area (Å²) in [6.07, 6.45) is 52.8. The van der Waals surface area contributed by atoms with Crippen molar-refractivity contribution in [3.05, 3.63) is 0 Å². The van der Waals surface area contributed by atoms with E-state index in [-0.39, 0.29) is 25.7 Å². The molecule has 0 aliphatic heterocycles. The molecule has 0 aliphatic rings. The molecule has 3 N–H and O–H groups in total. The van der Waals surface area contributed by atoms with Gasteiger partial charge in [-0.1, -0.05) is 344 Å². The minimum Gasteiger partial charge on any atom is -0.462 e. The van der Waals surface area contributed by atoms with E-state index < -0.39 is 97.5 Å². The summed E-state index contributed by atoms with van der Waals surface area (Å²) in [6, 6.07) is 0. The molecule has 0 aliphatic carbocycles. The van der Waals surface area contributed by atoms with Crippen LogP contribution in [0.4, 0.5) is 0 Å². The van der Waals surface area contributed by atoms with Crippen LogP contribution in [0.2, 0.25) is 0 Å². The Balaban J connectivity index is 5.21. The number of unbranched alkanes of at least 4 members (excludes halogenated alkanes) is 39. The first kappa shape index (κ1) is 95.1. The summed E-state index contributed by atoms with van der Waals surface area (Å²) in [5.41, 5.74) is 0. The fourth-order valence-corrected chi connectivity index (χ4v) is 13.4. The Bertz CT molecular complexity index is 1910. The van der Waals surface area contributed by atoms with Gasteiger partial charge in [-0.2, -0.15) is 0 Å². The minimum absolute atomic E-state index is 0.105. The highest BCUT2D eigenvalue weighted by atomic mass is 31.2. The largest absolute Gasteiger partial charge is 0.472 e. The van der Waals surface area contributed by atoms with Gasteiger partial charge < -0.3 is 33.8 Å². The zero-order chi connectivity index (χ0) is 71.7. The Kier molecular flexibility index (Phi) is 65.9. The van der Waals surface area contributed by atoms with Crippen LogP contribution in [-0.2, 0) is 65.4 Å². The summed E-state index contributed by atoms with van der Waals surface area (Å²) in [6.45, 7) is 14.2. The standard InChI is InChI=1S/C78H152O17P2/c1-9-70(7)56-48-40-32-28-29-33-42-50-58-75(80)88-64-73(94-77(82)60-52-44-34-26-22-18-16-14-12-11-13-15-17-20-24-30-38-46-54-68(3)4)66-92-96(84,85)90-62-72(79)63-91-97(86,87)93-67-74(65-89-76(81)59-51-43-37-36-41-49-57-71(8)10-2)95-78(83)61-53-45-35-27-23-19-21-25-31-39-47-55-69(5)6/h68-74,79H,9-67H2,1-8H3,(H,84,85)(H,86,87)/t70?,71?,72-,73-,74-/m1/s1. The predicted octanol–water partition coefficient (Wildman–Crippen LogP) is 22.8. The maximum Gasteiger partial charge on any atom is 0.472 e. The van der Waals surface area contributed by atoms with Crippen LogP contribution in [0.5, 0.6) is 0 Å². The van der Waals surface area contributed by atoms with Crippen LogP contribution in [0.3, 0.4) is 0 Å². The zero-order valence-electron chi connectivity index (χ0n) is 63.7. The van der Waals surface area contributed by atoms with Gasteiger partial charge in [0.05, 0.1) is 26.4 Å². The highest BCUT2D eigenvalue weighted by Gasteiger charge is 2.30. The average Bonchev–Trinajstić information content (AvgIpc) is 1.21. The number of hydrogen-bond acceptors (Lipinski definition) is 15. The molecule has 0 aromatic carbocycles. The number of carbonyl (C=O) groups is 4. The van der Waals surface area contributed by atoms with E-state index in [0.717, 1.165) is 120 Å². The van der Waals surface area contributed by atoms with Crippen molar-refractivity contribution in [2.24, 2.45) is 23.7 Å². The number of phosphoric ester groups is 2. The lowest BCUT2D eigenvalue weighted by Crippen LogP contribution is -2.30. The van der Waals surface area contributed by atoms with E-state index in [4.69, 9.17) is 37.0 Å². The second-order valence-electron chi connectivity index (χ2n) is 29.5. The van der Waals surface area contributed by atoms with Gasteiger partial charge in [-0.05, 0) is 49.4 Å². The molecule has 17 nitrogen and oxygen atoms in total. The fraction of sp³-hybridized carbons (Fsp3) is 0.949. The quantitative estimate of drug-likeness (QED) is 0.0222. The molecule has 0 bridgehead atoms. The van der Waals surface area contributed by atoms with Crippen LogP contribution < -0.4 is 0 Å². The van der Waals surface area contributed by atoms with E-state index in [1.165, 1.54) is 193 Å². The molecule has 0 saturated carbocycles. The van der Waals surface area contributed by atoms with Crippen molar-refractivity contribution in [1.82, 2.24) is 0 Å². The van der Waals surface area contributed by atoms with E-state index in [1.807, 2.05) is 0 Å². The Morgan fingerprint density at radius 2 is 0.495 bits per heavy atom.